The third kappa shape index (κ3) is 10.2. The number of hydrogen-bond acceptors (Lipinski definition) is 7. The monoisotopic (exact) mass is 404 g/mol. The molecule has 0 atom stereocenters. The molecular weight excluding hydrogens is 374 g/mol. The Kier molecular flexibility index (Phi) is 11.8. The SMILES string of the molecule is CNc1nc(OCC2CCC2)ccc1NOCC(F)F.COCCNC(C)=O. The smallest absolute Gasteiger partial charge is 0.264 e. The van der Waals surface area contributed by atoms with Crippen LogP contribution in [0.2, 0.25) is 0 Å². The van der Waals surface area contributed by atoms with Crippen LogP contribution in [0, 0.1) is 5.92 Å². The van der Waals surface area contributed by atoms with Crippen molar-refractivity contribution in [2.24, 2.45) is 5.92 Å². The number of halogens is 2. The summed E-state index contributed by atoms with van der Waals surface area (Å²) in [6, 6.07) is 3.37. The van der Waals surface area contributed by atoms with Crippen molar-refractivity contribution < 1.29 is 27.9 Å². The summed E-state index contributed by atoms with van der Waals surface area (Å²) in [5.41, 5.74) is 2.94. The first-order valence-electron chi connectivity index (χ1n) is 9.17. The molecule has 0 unspecified atom stereocenters. The van der Waals surface area contributed by atoms with E-state index in [9.17, 15) is 13.6 Å². The Labute approximate surface area is 164 Å². The minimum Gasteiger partial charge on any atom is -0.477 e. The van der Waals surface area contributed by atoms with Gasteiger partial charge in [0, 0.05) is 33.7 Å². The van der Waals surface area contributed by atoms with Crippen molar-refractivity contribution in [3.63, 3.8) is 0 Å². The lowest BCUT2D eigenvalue weighted by atomic mass is 9.86. The second-order valence-electron chi connectivity index (χ2n) is 6.18. The van der Waals surface area contributed by atoms with Gasteiger partial charge < -0.3 is 20.1 Å². The summed E-state index contributed by atoms with van der Waals surface area (Å²) in [6.45, 7) is 2.66. The molecule has 10 heteroatoms. The van der Waals surface area contributed by atoms with Gasteiger partial charge in [-0.3, -0.25) is 15.1 Å². The largest absolute Gasteiger partial charge is 0.477 e. The normalized spacial score (nSPS) is 13.2. The molecule has 1 aliphatic carbocycles. The highest BCUT2D eigenvalue weighted by Gasteiger charge is 2.18. The number of nitrogens with zero attached hydrogens (tertiary/aromatic N) is 1. The van der Waals surface area contributed by atoms with Gasteiger partial charge in [0.2, 0.25) is 11.8 Å². The van der Waals surface area contributed by atoms with Crippen LogP contribution in [-0.2, 0) is 14.4 Å². The van der Waals surface area contributed by atoms with Crippen LogP contribution in [0.5, 0.6) is 5.88 Å². The first-order chi connectivity index (χ1) is 13.5. The summed E-state index contributed by atoms with van der Waals surface area (Å²) in [7, 11) is 3.29. The average molecular weight is 404 g/mol. The minimum atomic E-state index is -2.52. The number of alkyl halides is 2. The van der Waals surface area contributed by atoms with E-state index in [4.69, 9.17) is 4.74 Å². The van der Waals surface area contributed by atoms with E-state index in [1.54, 1.807) is 26.3 Å². The standard InChI is InChI=1S/C13H19F2N3O2.C5H11NO2/c1-16-13-10(18-20-8-11(14)15)5-6-12(17-13)19-7-9-3-2-4-9;1-5(7)6-3-4-8-2/h5-6,9,11,18H,2-4,7-8H2,1H3,(H,16,17);3-4H2,1-2H3,(H,6,7). The molecule has 3 N–H and O–H groups in total. The Morgan fingerprint density at radius 3 is 2.64 bits per heavy atom. The number of rotatable bonds is 11. The molecule has 1 amide bonds. The van der Waals surface area contributed by atoms with E-state index in [1.807, 2.05) is 0 Å². The zero-order chi connectivity index (χ0) is 20.8. The predicted molar refractivity (Wildman–Crippen MR) is 103 cm³/mol. The van der Waals surface area contributed by atoms with Crippen molar-refractivity contribution >= 4 is 17.4 Å². The first kappa shape index (κ1) is 23.8. The maximum atomic E-state index is 12.0. The highest BCUT2D eigenvalue weighted by Crippen LogP contribution is 2.28. The molecular formula is C18H30F2N4O4. The molecule has 1 saturated carbocycles. The zero-order valence-corrected chi connectivity index (χ0v) is 16.6. The summed E-state index contributed by atoms with van der Waals surface area (Å²) in [5, 5.41) is 5.45. The fourth-order valence-electron chi connectivity index (χ4n) is 2.17. The first-order valence-corrected chi connectivity index (χ1v) is 9.17. The molecule has 1 fully saturated rings. The lowest BCUT2D eigenvalue weighted by molar-refractivity contribution is -0.119. The highest BCUT2D eigenvalue weighted by molar-refractivity contribution is 5.72. The summed E-state index contributed by atoms with van der Waals surface area (Å²) in [4.78, 5) is 19.1. The molecule has 28 heavy (non-hydrogen) atoms. The number of amides is 1. The lowest BCUT2D eigenvalue weighted by Crippen LogP contribution is -2.23. The molecule has 0 bridgehead atoms. The Morgan fingerprint density at radius 2 is 2.11 bits per heavy atom. The minimum absolute atomic E-state index is 0.0120. The molecule has 0 spiro atoms. The van der Waals surface area contributed by atoms with Gasteiger partial charge >= 0.3 is 0 Å². The van der Waals surface area contributed by atoms with Crippen molar-refractivity contribution in [2.45, 2.75) is 32.6 Å². The van der Waals surface area contributed by atoms with Gasteiger partial charge in [-0.2, -0.15) is 4.98 Å². The van der Waals surface area contributed by atoms with E-state index < -0.39 is 13.0 Å². The van der Waals surface area contributed by atoms with Crippen LogP contribution >= 0.6 is 0 Å². The second-order valence-corrected chi connectivity index (χ2v) is 6.18. The van der Waals surface area contributed by atoms with Gasteiger partial charge in [-0.05, 0) is 24.8 Å². The quantitative estimate of drug-likeness (QED) is 0.386. The highest BCUT2D eigenvalue weighted by atomic mass is 19.3. The van der Waals surface area contributed by atoms with Crippen molar-refractivity contribution in [3.05, 3.63) is 12.1 Å². The van der Waals surface area contributed by atoms with Gasteiger partial charge in [-0.15, -0.1) is 0 Å². The summed E-state index contributed by atoms with van der Waals surface area (Å²) >= 11 is 0. The molecule has 8 nitrogen and oxygen atoms in total. The van der Waals surface area contributed by atoms with Crippen molar-refractivity contribution in [2.75, 3.05) is 51.3 Å². The van der Waals surface area contributed by atoms with E-state index in [-0.39, 0.29) is 5.91 Å². The molecule has 1 heterocycles. The second kappa shape index (κ2) is 13.9. The van der Waals surface area contributed by atoms with Crippen molar-refractivity contribution in [1.29, 1.82) is 0 Å². The molecule has 0 aromatic carbocycles. The number of carbonyl (C=O) groups is 1. The Balaban J connectivity index is 0.000000416. The van der Waals surface area contributed by atoms with Crippen LogP contribution in [0.3, 0.4) is 0 Å². The lowest BCUT2D eigenvalue weighted by Gasteiger charge is -2.25. The zero-order valence-electron chi connectivity index (χ0n) is 16.6. The fourth-order valence-corrected chi connectivity index (χ4v) is 2.17. The number of anilines is 2. The Hall–Kier alpha value is -2.20. The molecule has 0 aliphatic heterocycles. The van der Waals surface area contributed by atoms with Gasteiger partial charge in [0.25, 0.3) is 6.43 Å². The number of aromatic nitrogens is 1. The summed E-state index contributed by atoms with van der Waals surface area (Å²) in [6.07, 6.45) is 1.17. The number of hydrogen-bond donors (Lipinski definition) is 3. The molecule has 1 aromatic heterocycles. The van der Waals surface area contributed by atoms with Crippen LogP contribution in [0.4, 0.5) is 20.3 Å². The molecule has 2 rings (SSSR count). The van der Waals surface area contributed by atoms with E-state index in [0.29, 0.717) is 43.1 Å². The van der Waals surface area contributed by atoms with Crippen LogP contribution in [-0.4, -0.2) is 57.8 Å². The number of pyridine rings is 1. The number of nitrogens with one attached hydrogen (secondary N) is 3. The average Bonchev–Trinajstić information content (AvgIpc) is 2.61. The third-order valence-corrected chi connectivity index (χ3v) is 3.87. The summed E-state index contributed by atoms with van der Waals surface area (Å²) < 4.78 is 34.3. The van der Waals surface area contributed by atoms with Crippen LogP contribution < -0.4 is 20.9 Å². The van der Waals surface area contributed by atoms with E-state index >= 15 is 0 Å². The molecule has 160 valence electrons. The molecule has 1 aliphatic rings. The molecule has 1 aromatic rings. The fraction of sp³-hybridized carbons (Fsp3) is 0.667. The van der Waals surface area contributed by atoms with Gasteiger partial charge in [0.05, 0.1) is 13.2 Å². The topological polar surface area (TPSA) is 93.7 Å². The molecule has 0 radical (unpaired) electrons. The Morgan fingerprint density at radius 1 is 1.36 bits per heavy atom. The van der Waals surface area contributed by atoms with E-state index in [1.165, 1.54) is 26.2 Å². The van der Waals surface area contributed by atoms with Crippen LogP contribution in [0.15, 0.2) is 12.1 Å². The van der Waals surface area contributed by atoms with Gasteiger partial charge in [0.1, 0.15) is 12.3 Å². The maximum Gasteiger partial charge on any atom is 0.264 e. The predicted octanol–water partition coefficient (Wildman–Crippen LogP) is 2.68. The van der Waals surface area contributed by atoms with Gasteiger partial charge in [-0.1, -0.05) is 6.42 Å². The van der Waals surface area contributed by atoms with E-state index in [2.05, 4.69) is 30.7 Å². The van der Waals surface area contributed by atoms with Crippen LogP contribution in [0.1, 0.15) is 26.2 Å². The number of carbonyl (C=O) groups excluding carboxylic acids is 1. The van der Waals surface area contributed by atoms with Crippen molar-refractivity contribution in [3.8, 4) is 5.88 Å². The third-order valence-electron chi connectivity index (χ3n) is 3.87. The Bertz CT molecular complexity index is 575. The van der Waals surface area contributed by atoms with Crippen molar-refractivity contribution in [1.82, 2.24) is 10.3 Å². The van der Waals surface area contributed by atoms with Gasteiger partial charge in [-0.25, -0.2) is 8.78 Å². The number of methoxy groups -OCH3 is 1. The molecule has 0 saturated heterocycles. The maximum absolute atomic E-state index is 12.0. The van der Waals surface area contributed by atoms with E-state index in [0.717, 1.165) is 0 Å². The van der Waals surface area contributed by atoms with Gasteiger partial charge in [0.15, 0.2) is 5.82 Å². The number of ether oxygens (including phenoxy) is 2. The summed E-state index contributed by atoms with van der Waals surface area (Å²) in [5.74, 6) is 1.62. The van der Waals surface area contributed by atoms with Crippen LogP contribution in [0.25, 0.3) is 0 Å².